The van der Waals surface area contributed by atoms with Gasteiger partial charge in [-0.05, 0) is 36.8 Å². The number of rotatable bonds is 7. The second-order valence-electron chi connectivity index (χ2n) is 6.46. The molecule has 0 N–H and O–H groups in total. The monoisotopic (exact) mass is 439 g/mol. The summed E-state index contributed by atoms with van der Waals surface area (Å²) in [5.74, 6) is -0.151. The van der Waals surface area contributed by atoms with Crippen LogP contribution in [-0.2, 0) is 11.3 Å². The van der Waals surface area contributed by atoms with E-state index in [1.165, 1.54) is 10.7 Å². The van der Waals surface area contributed by atoms with E-state index >= 15 is 0 Å². The summed E-state index contributed by atoms with van der Waals surface area (Å²) in [7, 11) is 0. The van der Waals surface area contributed by atoms with Crippen molar-refractivity contribution in [1.29, 1.82) is 0 Å². The van der Waals surface area contributed by atoms with Crippen molar-refractivity contribution in [3.63, 3.8) is 0 Å². The molecule has 0 aliphatic heterocycles. The van der Waals surface area contributed by atoms with Crippen LogP contribution >= 0.6 is 15.9 Å². The third-order valence-electron chi connectivity index (χ3n) is 4.40. The first-order valence-electron chi connectivity index (χ1n) is 9.28. The lowest BCUT2D eigenvalue weighted by Gasteiger charge is -2.23. The predicted octanol–water partition coefficient (Wildman–Crippen LogP) is 4.51. The average Bonchev–Trinajstić information content (AvgIpc) is 2.71. The summed E-state index contributed by atoms with van der Waals surface area (Å²) in [5, 5.41) is 4.41. The predicted molar refractivity (Wildman–Crippen MR) is 115 cm³/mol. The summed E-state index contributed by atoms with van der Waals surface area (Å²) < 4.78 is 2.20. The van der Waals surface area contributed by atoms with Crippen molar-refractivity contribution in [1.82, 2.24) is 9.78 Å². The fraction of sp³-hybridized carbons (Fsp3) is 0.227. The lowest BCUT2D eigenvalue weighted by molar-refractivity contribution is -0.119. The molecular weight excluding hydrogens is 418 g/mol. The average molecular weight is 440 g/mol. The first kappa shape index (κ1) is 20.0. The molecule has 1 aromatic heterocycles. The maximum atomic E-state index is 13.0. The number of nitrogens with zero attached hydrogens (tertiary/aromatic N) is 3. The van der Waals surface area contributed by atoms with Gasteiger partial charge in [0.05, 0.1) is 5.69 Å². The zero-order valence-electron chi connectivity index (χ0n) is 15.7. The SMILES string of the molecule is CCCCN(C(=O)Cn1nc(-c2ccc(Br)cc2)ccc1=O)c1ccccc1. The number of anilines is 1. The minimum atomic E-state index is -0.294. The number of carbonyl (C=O) groups excluding carboxylic acids is 1. The molecule has 0 bridgehead atoms. The zero-order valence-corrected chi connectivity index (χ0v) is 17.3. The van der Waals surface area contributed by atoms with Crippen LogP contribution < -0.4 is 10.5 Å². The summed E-state index contributed by atoms with van der Waals surface area (Å²) in [6, 6.07) is 20.3. The van der Waals surface area contributed by atoms with Gasteiger partial charge in [-0.15, -0.1) is 0 Å². The van der Waals surface area contributed by atoms with Gasteiger partial charge in [-0.1, -0.05) is 59.6 Å². The van der Waals surface area contributed by atoms with Crippen LogP contribution in [0.3, 0.4) is 0 Å². The standard InChI is InChI=1S/C22H22BrN3O2/c1-2-3-15-25(19-7-5-4-6-8-19)22(28)16-26-21(27)14-13-20(24-26)17-9-11-18(23)12-10-17/h4-14H,2-3,15-16H2,1H3. The number of hydrogen-bond donors (Lipinski definition) is 0. The summed E-state index contributed by atoms with van der Waals surface area (Å²) in [6.45, 7) is 2.60. The Kier molecular flexibility index (Phi) is 6.76. The normalized spacial score (nSPS) is 10.6. The highest BCUT2D eigenvalue weighted by molar-refractivity contribution is 9.10. The third-order valence-corrected chi connectivity index (χ3v) is 4.92. The fourth-order valence-electron chi connectivity index (χ4n) is 2.87. The van der Waals surface area contributed by atoms with E-state index in [0.717, 1.165) is 28.6 Å². The van der Waals surface area contributed by atoms with Crippen LogP contribution in [0.5, 0.6) is 0 Å². The Balaban J connectivity index is 1.86. The number of amides is 1. The Labute approximate surface area is 172 Å². The maximum absolute atomic E-state index is 13.0. The second kappa shape index (κ2) is 9.46. The number of para-hydroxylation sites is 1. The Morgan fingerprint density at radius 3 is 2.43 bits per heavy atom. The van der Waals surface area contributed by atoms with Gasteiger partial charge in [0.25, 0.3) is 5.56 Å². The molecule has 1 amide bonds. The molecule has 0 atom stereocenters. The summed E-state index contributed by atoms with van der Waals surface area (Å²) in [4.78, 5) is 27.0. The molecule has 5 nitrogen and oxygen atoms in total. The summed E-state index contributed by atoms with van der Waals surface area (Å²) in [5.41, 5.74) is 2.07. The number of hydrogen-bond acceptors (Lipinski definition) is 3. The van der Waals surface area contributed by atoms with Gasteiger partial charge in [0, 0.05) is 28.3 Å². The molecule has 0 aliphatic rings. The van der Waals surface area contributed by atoms with E-state index in [1.807, 2.05) is 54.6 Å². The van der Waals surface area contributed by atoms with Crippen molar-refractivity contribution in [2.24, 2.45) is 0 Å². The number of unbranched alkanes of at least 4 members (excludes halogenated alkanes) is 1. The lowest BCUT2D eigenvalue weighted by Crippen LogP contribution is -2.38. The zero-order chi connectivity index (χ0) is 19.9. The molecule has 0 unspecified atom stereocenters. The van der Waals surface area contributed by atoms with Gasteiger partial charge in [0.2, 0.25) is 5.91 Å². The van der Waals surface area contributed by atoms with Crippen molar-refractivity contribution in [3.8, 4) is 11.3 Å². The topological polar surface area (TPSA) is 55.2 Å². The highest BCUT2D eigenvalue weighted by atomic mass is 79.9. The molecular formula is C22H22BrN3O2. The van der Waals surface area contributed by atoms with E-state index in [-0.39, 0.29) is 18.0 Å². The van der Waals surface area contributed by atoms with Crippen molar-refractivity contribution in [2.45, 2.75) is 26.3 Å². The highest BCUT2D eigenvalue weighted by Gasteiger charge is 2.17. The molecule has 2 aromatic carbocycles. The highest BCUT2D eigenvalue weighted by Crippen LogP contribution is 2.19. The molecule has 0 saturated carbocycles. The third kappa shape index (κ3) is 4.95. The van der Waals surface area contributed by atoms with Crippen LogP contribution in [0.1, 0.15) is 19.8 Å². The molecule has 28 heavy (non-hydrogen) atoms. The molecule has 3 rings (SSSR count). The van der Waals surface area contributed by atoms with Crippen LogP contribution in [0.4, 0.5) is 5.69 Å². The van der Waals surface area contributed by atoms with Crippen LogP contribution in [0.2, 0.25) is 0 Å². The molecule has 0 fully saturated rings. The molecule has 6 heteroatoms. The van der Waals surface area contributed by atoms with Gasteiger partial charge in [0.15, 0.2) is 0 Å². The second-order valence-corrected chi connectivity index (χ2v) is 7.37. The van der Waals surface area contributed by atoms with Gasteiger partial charge in [0.1, 0.15) is 6.54 Å². The van der Waals surface area contributed by atoms with Crippen LogP contribution in [0.15, 0.2) is 76.0 Å². The number of benzene rings is 2. The first-order chi connectivity index (χ1) is 13.6. The minimum Gasteiger partial charge on any atom is -0.311 e. The van der Waals surface area contributed by atoms with Gasteiger partial charge in [-0.2, -0.15) is 5.10 Å². The van der Waals surface area contributed by atoms with Crippen molar-refractivity contribution >= 4 is 27.5 Å². The van der Waals surface area contributed by atoms with E-state index in [0.29, 0.717) is 12.2 Å². The van der Waals surface area contributed by atoms with E-state index < -0.39 is 0 Å². The number of halogens is 1. The lowest BCUT2D eigenvalue weighted by atomic mass is 10.1. The van der Waals surface area contributed by atoms with Gasteiger partial charge >= 0.3 is 0 Å². The number of aromatic nitrogens is 2. The Bertz CT molecular complexity index is 985. The Morgan fingerprint density at radius 1 is 1.04 bits per heavy atom. The minimum absolute atomic E-state index is 0.0954. The summed E-state index contributed by atoms with van der Waals surface area (Å²) >= 11 is 3.41. The molecule has 0 radical (unpaired) electrons. The van der Waals surface area contributed by atoms with Crippen LogP contribution in [-0.4, -0.2) is 22.2 Å². The molecule has 3 aromatic rings. The first-order valence-corrected chi connectivity index (χ1v) is 10.1. The molecule has 144 valence electrons. The van der Waals surface area contributed by atoms with Gasteiger partial charge < -0.3 is 4.90 Å². The van der Waals surface area contributed by atoms with Gasteiger partial charge in [-0.3, -0.25) is 9.59 Å². The largest absolute Gasteiger partial charge is 0.311 e. The number of carbonyl (C=O) groups is 1. The quantitative estimate of drug-likeness (QED) is 0.544. The fourth-order valence-corrected chi connectivity index (χ4v) is 3.14. The van der Waals surface area contributed by atoms with Crippen LogP contribution in [0.25, 0.3) is 11.3 Å². The van der Waals surface area contributed by atoms with Crippen molar-refractivity contribution in [3.05, 3.63) is 81.6 Å². The molecule has 0 spiro atoms. The summed E-state index contributed by atoms with van der Waals surface area (Å²) in [6.07, 6.45) is 1.87. The smallest absolute Gasteiger partial charge is 0.267 e. The Hall–Kier alpha value is -2.73. The van der Waals surface area contributed by atoms with Crippen molar-refractivity contribution in [2.75, 3.05) is 11.4 Å². The van der Waals surface area contributed by atoms with Gasteiger partial charge in [-0.25, -0.2) is 4.68 Å². The van der Waals surface area contributed by atoms with Crippen molar-refractivity contribution < 1.29 is 4.79 Å². The van der Waals surface area contributed by atoms with E-state index in [4.69, 9.17) is 0 Å². The molecule has 1 heterocycles. The van der Waals surface area contributed by atoms with E-state index in [9.17, 15) is 9.59 Å². The molecule has 0 saturated heterocycles. The van der Waals surface area contributed by atoms with Crippen LogP contribution in [0, 0.1) is 0 Å². The maximum Gasteiger partial charge on any atom is 0.267 e. The molecule has 0 aliphatic carbocycles. The Morgan fingerprint density at radius 2 is 1.75 bits per heavy atom. The van der Waals surface area contributed by atoms with E-state index in [1.54, 1.807) is 11.0 Å². The van der Waals surface area contributed by atoms with E-state index in [2.05, 4.69) is 28.0 Å².